The van der Waals surface area contributed by atoms with Crippen molar-refractivity contribution in [3.63, 3.8) is 0 Å². The van der Waals surface area contributed by atoms with Crippen LogP contribution in [-0.4, -0.2) is 25.8 Å². The summed E-state index contributed by atoms with van der Waals surface area (Å²) in [6.07, 6.45) is 1.88. The first-order valence-electron chi connectivity index (χ1n) is 6.57. The second kappa shape index (κ2) is 5.48. The van der Waals surface area contributed by atoms with Gasteiger partial charge in [0.1, 0.15) is 0 Å². The Hall–Kier alpha value is -1.75. The summed E-state index contributed by atoms with van der Waals surface area (Å²) < 4.78 is 1.78. The summed E-state index contributed by atoms with van der Waals surface area (Å²) in [6, 6.07) is 2.47. The summed E-state index contributed by atoms with van der Waals surface area (Å²) in [4.78, 5) is 8.96. The van der Waals surface area contributed by atoms with Gasteiger partial charge in [0.2, 0.25) is 0 Å². The molecule has 2 heterocycles. The Morgan fingerprint density at radius 3 is 2.53 bits per heavy atom. The topological polar surface area (TPSA) is 55.6 Å². The fraction of sp³-hybridized carbons (Fsp3) is 0.500. The van der Waals surface area contributed by atoms with Gasteiger partial charge in [0.05, 0.1) is 5.69 Å². The van der Waals surface area contributed by atoms with E-state index in [1.807, 2.05) is 33.0 Å². The molecule has 1 N–H and O–H groups in total. The van der Waals surface area contributed by atoms with Crippen molar-refractivity contribution in [1.82, 2.24) is 25.1 Å². The van der Waals surface area contributed by atoms with Crippen LogP contribution in [0.25, 0.3) is 5.95 Å². The van der Waals surface area contributed by atoms with Crippen molar-refractivity contribution in [2.45, 2.75) is 47.2 Å². The Labute approximate surface area is 114 Å². The Balaban J connectivity index is 2.26. The molecule has 0 saturated heterocycles. The molecule has 0 spiro atoms. The summed E-state index contributed by atoms with van der Waals surface area (Å²) in [5.74, 6) is 0.636. The standard InChI is InChI=1S/C14H21N5/c1-9(2)15-7-13-8-16-14(17-12(13)5)19-11(4)6-10(3)18-19/h6,8-9,15H,7H2,1-5H3. The van der Waals surface area contributed by atoms with E-state index in [1.165, 1.54) is 0 Å². The maximum absolute atomic E-state index is 4.54. The Morgan fingerprint density at radius 1 is 1.26 bits per heavy atom. The van der Waals surface area contributed by atoms with Crippen molar-refractivity contribution < 1.29 is 0 Å². The highest BCUT2D eigenvalue weighted by Crippen LogP contribution is 2.10. The van der Waals surface area contributed by atoms with Crippen molar-refractivity contribution in [1.29, 1.82) is 0 Å². The van der Waals surface area contributed by atoms with Crippen LogP contribution >= 0.6 is 0 Å². The predicted octanol–water partition coefficient (Wildman–Crippen LogP) is 2.09. The van der Waals surface area contributed by atoms with E-state index in [-0.39, 0.29) is 0 Å². The zero-order valence-electron chi connectivity index (χ0n) is 12.2. The Bertz CT molecular complexity index is 571. The SMILES string of the molecule is Cc1cc(C)n(-c2ncc(CNC(C)C)c(C)n2)n1. The summed E-state index contributed by atoms with van der Waals surface area (Å²) in [7, 11) is 0. The average molecular weight is 259 g/mol. The van der Waals surface area contributed by atoms with Gasteiger partial charge in [-0.15, -0.1) is 0 Å². The molecule has 0 bridgehead atoms. The number of nitrogens with one attached hydrogen (secondary N) is 1. The Morgan fingerprint density at radius 2 is 2.00 bits per heavy atom. The molecule has 0 unspecified atom stereocenters. The van der Waals surface area contributed by atoms with Gasteiger partial charge < -0.3 is 5.32 Å². The molecule has 19 heavy (non-hydrogen) atoms. The smallest absolute Gasteiger partial charge is 0.250 e. The quantitative estimate of drug-likeness (QED) is 0.913. The van der Waals surface area contributed by atoms with Crippen LogP contribution in [0.2, 0.25) is 0 Å². The van der Waals surface area contributed by atoms with Gasteiger partial charge in [-0.05, 0) is 26.8 Å². The molecule has 102 valence electrons. The van der Waals surface area contributed by atoms with Crippen LogP contribution in [0.5, 0.6) is 0 Å². The third-order valence-corrected chi connectivity index (χ3v) is 2.97. The predicted molar refractivity (Wildman–Crippen MR) is 75.3 cm³/mol. The first-order chi connectivity index (χ1) is 8.97. The highest BCUT2D eigenvalue weighted by molar-refractivity contribution is 5.24. The molecule has 2 rings (SSSR count). The zero-order chi connectivity index (χ0) is 14.0. The minimum Gasteiger partial charge on any atom is -0.310 e. The van der Waals surface area contributed by atoms with Gasteiger partial charge in [0.25, 0.3) is 5.95 Å². The lowest BCUT2D eigenvalue weighted by molar-refractivity contribution is 0.584. The van der Waals surface area contributed by atoms with Gasteiger partial charge in [0, 0.05) is 35.7 Å². The van der Waals surface area contributed by atoms with Crippen molar-refractivity contribution in [3.05, 3.63) is 34.9 Å². The van der Waals surface area contributed by atoms with Gasteiger partial charge in [-0.25, -0.2) is 14.6 Å². The summed E-state index contributed by atoms with van der Waals surface area (Å²) in [5, 5.41) is 7.78. The van der Waals surface area contributed by atoms with Crippen LogP contribution < -0.4 is 5.32 Å². The van der Waals surface area contributed by atoms with Crippen molar-refractivity contribution in [2.75, 3.05) is 0 Å². The molecule has 2 aromatic rings. The van der Waals surface area contributed by atoms with Gasteiger partial charge >= 0.3 is 0 Å². The van der Waals surface area contributed by atoms with Crippen LogP contribution in [0.3, 0.4) is 0 Å². The van der Waals surface area contributed by atoms with E-state index < -0.39 is 0 Å². The van der Waals surface area contributed by atoms with E-state index in [0.717, 1.165) is 29.2 Å². The van der Waals surface area contributed by atoms with Crippen LogP contribution in [-0.2, 0) is 6.54 Å². The molecule has 5 heteroatoms. The second-order valence-electron chi connectivity index (χ2n) is 5.16. The van der Waals surface area contributed by atoms with E-state index in [0.29, 0.717) is 12.0 Å². The van der Waals surface area contributed by atoms with Gasteiger partial charge in [-0.3, -0.25) is 0 Å². The molecule has 0 aromatic carbocycles. The largest absolute Gasteiger partial charge is 0.310 e. The van der Waals surface area contributed by atoms with Crippen LogP contribution in [0.4, 0.5) is 0 Å². The third kappa shape index (κ3) is 3.17. The van der Waals surface area contributed by atoms with Crippen molar-refractivity contribution in [2.24, 2.45) is 0 Å². The molecule has 0 atom stereocenters. The molecule has 0 amide bonds. The summed E-state index contributed by atoms with van der Waals surface area (Å²) >= 11 is 0. The monoisotopic (exact) mass is 259 g/mol. The molecule has 2 aromatic heterocycles. The summed E-state index contributed by atoms with van der Waals surface area (Å²) in [6.45, 7) is 11.0. The normalized spacial score (nSPS) is 11.3. The fourth-order valence-electron chi connectivity index (χ4n) is 1.90. The zero-order valence-corrected chi connectivity index (χ0v) is 12.2. The van der Waals surface area contributed by atoms with E-state index in [1.54, 1.807) is 4.68 Å². The van der Waals surface area contributed by atoms with Crippen LogP contribution in [0, 0.1) is 20.8 Å². The van der Waals surface area contributed by atoms with Crippen molar-refractivity contribution >= 4 is 0 Å². The lowest BCUT2D eigenvalue weighted by Crippen LogP contribution is -2.23. The maximum Gasteiger partial charge on any atom is 0.250 e. The number of aromatic nitrogens is 4. The number of nitrogens with zero attached hydrogens (tertiary/aromatic N) is 4. The Kier molecular flexibility index (Phi) is 3.95. The third-order valence-electron chi connectivity index (χ3n) is 2.97. The second-order valence-corrected chi connectivity index (χ2v) is 5.16. The highest BCUT2D eigenvalue weighted by Gasteiger charge is 2.09. The van der Waals surface area contributed by atoms with Gasteiger partial charge in [-0.2, -0.15) is 5.10 Å². The average Bonchev–Trinajstić information content (AvgIpc) is 2.66. The number of aryl methyl sites for hydroxylation is 3. The van der Waals surface area contributed by atoms with E-state index in [9.17, 15) is 0 Å². The molecule has 5 nitrogen and oxygen atoms in total. The molecule has 0 saturated carbocycles. The molecular formula is C14H21N5. The molecule has 0 aliphatic rings. The first kappa shape index (κ1) is 13.7. The minimum absolute atomic E-state index is 0.454. The minimum atomic E-state index is 0.454. The first-order valence-corrected chi connectivity index (χ1v) is 6.57. The molecule has 0 radical (unpaired) electrons. The highest BCUT2D eigenvalue weighted by atomic mass is 15.4. The van der Waals surface area contributed by atoms with E-state index >= 15 is 0 Å². The van der Waals surface area contributed by atoms with Crippen LogP contribution in [0.15, 0.2) is 12.3 Å². The van der Waals surface area contributed by atoms with Crippen molar-refractivity contribution in [3.8, 4) is 5.95 Å². The maximum atomic E-state index is 4.54. The molecule has 0 fully saturated rings. The van der Waals surface area contributed by atoms with Gasteiger partial charge in [0.15, 0.2) is 0 Å². The lowest BCUT2D eigenvalue weighted by atomic mass is 10.2. The van der Waals surface area contributed by atoms with Gasteiger partial charge in [-0.1, -0.05) is 13.8 Å². The number of hydrogen-bond donors (Lipinski definition) is 1. The van der Waals surface area contributed by atoms with E-state index in [4.69, 9.17) is 0 Å². The van der Waals surface area contributed by atoms with Crippen LogP contribution in [0.1, 0.15) is 36.5 Å². The fourth-order valence-corrected chi connectivity index (χ4v) is 1.90. The molecular weight excluding hydrogens is 238 g/mol. The van der Waals surface area contributed by atoms with E-state index in [2.05, 4.69) is 34.2 Å². The summed E-state index contributed by atoms with van der Waals surface area (Å²) in [5.41, 5.74) is 4.14. The number of rotatable bonds is 4. The lowest BCUT2D eigenvalue weighted by Gasteiger charge is -2.11. The number of hydrogen-bond acceptors (Lipinski definition) is 4. The molecule has 0 aliphatic carbocycles. The molecule has 0 aliphatic heterocycles.